The number of rotatable bonds is 2. The van der Waals surface area contributed by atoms with Gasteiger partial charge in [-0.1, -0.05) is 0 Å². The van der Waals surface area contributed by atoms with Gasteiger partial charge in [0.15, 0.2) is 0 Å². The van der Waals surface area contributed by atoms with Gasteiger partial charge in [0.25, 0.3) is 0 Å². The van der Waals surface area contributed by atoms with E-state index in [4.69, 9.17) is 0 Å². The minimum atomic E-state index is 0.842. The van der Waals surface area contributed by atoms with E-state index in [1.807, 2.05) is 0 Å². The van der Waals surface area contributed by atoms with Gasteiger partial charge >= 0.3 is 0 Å². The Morgan fingerprint density at radius 2 is 1.35 bits per heavy atom. The molecular weight excluding hydrogens is 212 g/mol. The van der Waals surface area contributed by atoms with Crippen LogP contribution in [-0.4, -0.2) is 98.1 Å². The van der Waals surface area contributed by atoms with Crippen LogP contribution in [0.3, 0.4) is 0 Å². The zero-order valence-electron chi connectivity index (χ0n) is 11.3. The quantitative estimate of drug-likeness (QED) is 0.650. The molecule has 0 aromatic heterocycles. The van der Waals surface area contributed by atoms with Gasteiger partial charge in [-0.15, -0.1) is 0 Å². The van der Waals surface area contributed by atoms with E-state index in [-0.39, 0.29) is 0 Å². The lowest BCUT2D eigenvalue weighted by atomic mass is 10.1. The van der Waals surface area contributed by atoms with E-state index in [1.54, 1.807) is 0 Å². The second-order valence-corrected chi connectivity index (χ2v) is 6.15. The molecule has 4 nitrogen and oxygen atoms in total. The molecule has 0 radical (unpaired) electrons. The number of hydrogen-bond donors (Lipinski definition) is 0. The highest BCUT2D eigenvalue weighted by Gasteiger charge is 2.36. The predicted octanol–water partition coefficient (Wildman–Crippen LogP) is -0.378. The van der Waals surface area contributed by atoms with Crippen molar-refractivity contribution in [2.75, 3.05) is 66.5 Å². The molecule has 3 rings (SSSR count). The molecule has 0 amide bonds. The van der Waals surface area contributed by atoms with Crippen LogP contribution in [0.25, 0.3) is 0 Å². The van der Waals surface area contributed by atoms with Crippen LogP contribution in [0.2, 0.25) is 0 Å². The molecule has 0 bridgehead atoms. The average Bonchev–Trinajstić information content (AvgIpc) is 2.75. The summed E-state index contributed by atoms with van der Waals surface area (Å²) in [5.41, 5.74) is 0. The van der Waals surface area contributed by atoms with Crippen molar-refractivity contribution in [3.8, 4) is 0 Å². The highest BCUT2D eigenvalue weighted by Crippen LogP contribution is 2.22. The van der Waals surface area contributed by atoms with E-state index in [0.717, 1.165) is 12.1 Å². The summed E-state index contributed by atoms with van der Waals surface area (Å²) >= 11 is 0. The van der Waals surface area contributed by atoms with Crippen LogP contribution < -0.4 is 0 Å². The summed E-state index contributed by atoms with van der Waals surface area (Å²) in [6.07, 6.45) is 1.39. The van der Waals surface area contributed by atoms with Crippen LogP contribution in [0.5, 0.6) is 0 Å². The molecule has 1 unspecified atom stereocenters. The molecule has 0 spiro atoms. The van der Waals surface area contributed by atoms with E-state index < -0.39 is 0 Å². The first kappa shape index (κ1) is 11.9. The Morgan fingerprint density at radius 3 is 2.00 bits per heavy atom. The van der Waals surface area contributed by atoms with Gasteiger partial charge in [-0.3, -0.25) is 9.80 Å². The maximum atomic E-state index is 2.73. The molecule has 0 aliphatic carbocycles. The molecule has 98 valence electrons. The molecule has 17 heavy (non-hydrogen) atoms. The number of piperazine rings is 1. The number of nitrogens with zero attached hydrogens (tertiary/aromatic N) is 4. The molecule has 4 heteroatoms. The van der Waals surface area contributed by atoms with Gasteiger partial charge in [-0.25, -0.2) is 0 Å². The highest BCUT2D eigenvalue weighted by molar-refractivity contribution is 4.93. The largest absolute Gasteiger partial charge is 0.304 e. The van der Waals surface area contributed by atoms with E-state index in [0.29, 0.717) is 0 Å². The van der Waals surface area contributed by atoms with Gasteiger partial charge in [-0.05, 0) is 20.5 Å². The lowest BCUT2D eigenvalue weighted by Crippen LogP contribution is -2.58. The van der Waals surface area contributed by atoms with Crippen molar-refractivity contribution >= 4 is 0 Å². The van der Waals surface area contributed by atoms with Crippen molar-refractivity contribution in [1.29, 1.82) is 0 Å². The number of likely N-dealkylation sites (N-methyl/N-ethyl adjacent to an activating group) is 2. The maximum absolute atomic E-state index is 2.73. The van der Waals surface area contributed by atoms with E-state index in [9.17, 15) is 0 Å². The lowest BCUT2D eigenvalue weighted by Gasteiger charge is -2.42. The van der Waals surface area contributed by atoms with Gasteiger partial charge < -0.3 is 9.80 Å². The minimum Gasteiger partial charge on any atom is -0.304 e. The molecule has 0 aromatic rings. The van der Waals surface area contributed by atoms with Crippen molar-refractivity contribution in [2.24, 2.45) is 0 Å². The van der Waals surface area contributed by atoms with E-state index in [1.165, 1.54) is 58.8 Å². The third-order valence-electron chi connectivity index (χ3n) is 4.81. The minimum absolute atomic E-state index is 0.842. The van der Waals surface area contributed by atoms with Crippen molar-refractivity contribution in [3.05, 3.63) is 0 Å². The molecule has 3 heterocycles. The molecule has 3 fully saturated rings. The van der Waals surface area contributed by atoms with E-state index in [2.05, 4.69) is 33.7 Å². The first-order valence-corrected chi connectivity index (χ1v) is 7.07. The Hall–Kier alpha value is -0.160. The first-order chi connectivity index (χ1) is 8.22. The molecule has 0 aromatic carbocycles. The molecule has 0 N–H and O–H groups in total. The van der Waals surface area contributed by atoms with Gasteiger partial charge in [-0.2, -0.15) is 0 Å². The summed E-state index contributed by atoms with van der Waals surface area (Å²) in [5.74, 6) is 0. The first-order valence-electron chi connectivity index (χ1n) is 7.07. The highest BCUT2D eigenvalue weighted by atomic mass is 15.3. The second-order valence-electron chi connectivity index (χ2n) is 6.15. The van der Waals surface area contributed by atoms with Crippen LogP contribution in [0.4, 0.5) is 0 Å². The van der Waals surface area contributed by atoms with Crippen LogP contribution in [-0.2, 0) is 0 Å². The summed E-state index contributed by atoms with van der Waals surface area (Å²) < 4.78 is 0. The van der Waals surface area contributed by atoms with Crippen LogP contribution in [0.1, 0.15) is 6.42 Å². The fraction of sp³-hybridized carbons (Fsp3) is 1.00. The van der Waals surface area contributed by atoms with Gasteiger partial charge in [0.05, 0.1) is 0 Å². The smallest absolute Gasteiger partial charge is 0.0350 e. The maximum Gasteiger partial charge on any atom is 0.0350 e. The summed E-state index contributed by atoms with van der Waals surface area (Å²) in [7, 11) is 4.47. The normalized spacial score (nSPS) is 35.3. The van der Waals surface area contributed by atoms with Crippen molar-refractivity contribution in [2.45, 2.75) is 18.5 Å². The third kappa shape index (κ3) is 2.50. The fourth-order valence-corrected chi connectivity index (χ4v) is 3.48. The Morgan fingerprint density at radius 1 is 0.647 bits per heavy atom. The summed E-state index contributed by atoms with van der Waals surface area (Å²) in [5, 5.41) is 0. The summed E-state index contributed by atoms with van der Waals surface area (Å²) in [4.78, 5) is 10.3. The Balaban J connectivity index is 1.47. The van der Waals surface area contributed by atoms with Crippen LogP contribution >= 0.6 is 0 Å². The van der Waals surface area contributed by atoms with Gasteiger partial charge in [0.1, 0.15) is 0 Å². The second kappa shape index (κ2) is 4.84. The molecular formula is C13H26N4. The van der Waals surface area contributed by atoms with Crippen molar-refractivity contribution in [3.63, 3.8) is 0 Å². The van der Waals surface area contributed by atoms with Crippen molar-refractivity contribution in [1.82, 2.24) is 19.6 Å². The molecule has 0 saturated carbocycles. The third-order valence-corrected chi connectivity index (χ3v) is 4.81. The van der Waals surface area contributed by atoms with Gasteiger partial charge in [0, 0.05) is 64.4 Å². The lowest BCUT2D eigenvalue weighted by molar-refractivity contribution is 0.0570. The zero-order valence-corrected chi connectivity index (χ0v) is 11.3. The van der Waals surface area contributed by atoms with Crippen LogP contribution in [0.15, 0.2) is 0 Å². The Labute approximate surface area is 105 Å². The molecule has 3 aliphatic heterocycles. The number of likely N-dealkylation sites (tertiary alicyclic amines) is 2. The fourth-order valence-electron chi connectivity index (χ4n) is 3.48. The van der Waals surface area contributed by atoms with Gasteiger partial charge in [0.2, 0.25) is 0 Å². The standard InChI is InChI=1S/C13H26N4/c1-14-5-7-16(8-6-14)12-3-4-17(11-12)13-9-15(2)10-13/h12-13H,3-11H2,1-2H3. The van der Waals surface area contributed by atoms with Crippen LogP contribution in [0, 0.1) is 0 Å². The summed E-state index contributed by atoms with van der Waals surface area (Å²) in [6.45, 7) is 10.3. The monoisotopic (exact) mass is 238 g/mol. The predicted molar refractivity (Wildman–Crippen MR) is 70.3 cm³/mol. The SMILES string of the molecule is CN1CCN(C2CCN(C3CN(C)C3)C2)CC1. The molecule has 3 aliphatic rings. The van der Waals surface area contributed by atoms with Crippen molar-refractivity contribution < 1.29 is 0 Å². The van der Waals surface area contributed by atoms with E-state index >= 15 is 0 Å². The Bertz CT molecular complexity index is 256. The molecule has 3 saturated heterocycles. The Kier molecular flexibility index (Phi) is 3.39. The molecule has 1 atom stereocenters. The zero-order chi connectivity index (χ0) is 11.8. The summed E-state index contributed by atoms with van der Waals surface area (Å²) in [6, 6.07) is 1.70. The number of hydrogen-bond acceptors (Lipinski definition) is 4. The average molecular weight is 238 g/mol. The topological polar surface area (TPSA) is 13.0 Å².